The predicted molar refractivity (Wildman–Crippen MR) is 79.1 cm³/mol. The van der Waals surface area contributed by atoms with Crippen LogP contribution in [0.2, 0.25) is 10.0 Å². The zero-order valence-corrected chi connectivity index (χ0v) is 12.9. The first kappa shape index (κ1) is 15.1. The minimum atomic E-state index is -0.901. The van der Waals surface area contributed by atoms with Gasteiger partial charge in [-0.2, -0.15) is 0 Å². The van der Waals surface area contributed by atoms with Crippen LogP contribution >= 0.6 is 23.2 Å². The molecule has 0 bridgehead atoms. The van der Waals surface area contributed by atoms with E-state index in [1.807, 2.05) is 0 Å². The second kappa shape index (κ2) is 6.10. The second-order valence-corrected chi connectivity index (χ2v) is 5.82. The Morgan fingerprint density at radius 2 is 2.05 bits per heavy atom. The number of likely N-dealkylation sites (tertiary alicyclic amines) is 1. The standard InChI is InChI=1S/C13H12Cl2N4O3/c14-8-5-9(15)10(16-6-8)12-18-17-11(22-12)7-1-3-19(4-2-7)13(20)21/h5-7H,1-4H2,(H,20,21). The van der Waals surface area contributed by atoms with Crippen LogP contribution in [0.4, 0.5) is 4.79 Å². The lowest BCUT2D eigenvalue weighted by Crippen LogP contribution is -2.36. The van der Waals surface area contributed by atoms with Crippen LogP contribution in [0.15, 0.2) is 16.7 Å². The summed E-state index contributed by atoms with van der Waals surface area (Å²) in [5.74, 6) is 0.758. The number of nitrogens with zero attached hydrogens (tertiary/aromatic N) is 4. The zero-order valence-electron chi connectivity index (χ0n) is 11.4. The van der Waals surface area contributed by atoms with Crippen LogP contribution in [-0.4, -0.2) is 44.4 Å². The third-order valence-corrected chi connectivity index (χ3v) is 4.06. The van der Waals surface area contributed by atoms with Crippen molar-refractivity contribution in [1.82, 2.24) is 20.1 Å². The predicted octanol–water partition coefficient (Wildman–Crippen LogP) is 3.30. The molecule has 1 saturated heterocycles. The summed E-state index contributed by atoms with van der Waals surface area (Å²) in [6.07, 6.45) is 1.85. The van der Waals surface area contributed by atoms with Gasteiger partial charge in [0.05, 0.1) is 10.0 Å². The second-order valence-electron chi connectivity index (χ2n) is 4.97. The smallest absolute Gasteiger partial charge is 0.407 e. The molecule has 0 aromatic carbocycles. The first-order valence-corrected chi connectivity index (χ1v) is 7.43. The van der Waals surface area contributed by atoms with Gasteiger partial charge in [0, 0.05) is 25.2 Å². The summed E-state index contributed by atoms with van der Waals surface area (Å²) in [5.41, 5.74) is 0.382. The summed E-state index contributed by atoms with van der Waals surface area (Å²) in [5, 5.41) is 17.7. The van der Waals surface area contributed by atoms with Crippen molar-refractivity contribution < 1.29 is 14.3 Å². The molecule has 1 fully saturated rings. The first-order chi connectivity index (χ1) is 10.5. The quantitative estimate of drug-likeness (QED) is 0.899. The minimum absolute atomic E-state index is 0.0444. The molecule has 0 saturated carbocycles. The number of rotatable bonds is 2. The lowest BCUT2D eigenvalue weighted by molar-refractivity contribution is 0.129. The van der Waals surface area contributed by atoms with Gasteiger partial charge < -0.3 is 14.4 Å². The van der Waals surface area contributed by atoms with Crippen LogP contribution in [0.5, 0.6) is 0 Å². The number of halogens is 2. The van der Waals surface area contributed by atoms with Crippen molar-refractivity contribution in [3.8, 4) is 11.6 Å². The Labute approximate surface area is 135 Å². The molecule has 9 heteroatoms. The summed E-state index contributed by atoms with van der Waals surface area (Å²) in [6.45, 7) is 0.912. The van der Waals surface area contributed by atoms with Gasteiger partial charge in [0.25, 0.3) is 5.89 Å². The van der Waals surface area contributed by atoms with Gasteiger partial charge in [0.15, 0.2) is 0 Å². The molecule has 3 heterocycles. The average Bonchev–Trinajstić information content (AvgIpc) is 2.97. The van der Waals surface area contributed by atoms with Crippen LogP contribution < -0.4 is 0 Å². The molecule has 1 N–H and O–H groups in total. The van der Waals surface area contributed by atoms with Crippen molar-refractivity contribution in [3.63, 3.8) is 0 Å². The Morgan fingerprint density at radius 1 is 1.32 bits per heavy atom. The van der Waals surface area contributed by atoms with Crippen LogP contribution in [0.25, 0.3) is 11.6 Å². The van der Waals surface area contributed by atoms with E-state index in [1.165, 1.54) is 11.1 Å². The van der Waals surface area contributed by atoms with Gasteiger partial charge in [-0.25, -0.2) is 9.78 Å². The van der Waals surface area contributed by atoms with Crippen LogP contribution in [0.3, 0.4) is 0 Å². The molecule has 1 amide bonds. The molecule has 0 unspecified atom stereocenters. The Morgan fingerprint density at radius 3 is 2.68 bits per heavy atom. The molecule has 2 aromatic rings. The van der Waals surface area contributed by atoms with E-state index in [2.05, 4.69) is 15.2 Å². The van der Waals surface area contributed by atoms with Crippen molar-refractivity contribution in [2.75, 3.05) is 13.1 Å². The summed E-state index contributed by atoms with van der Waals surface area (Å²) < 4.78 is 5.65. The molecular weight excluding hydrogens is 331 g/mol. The fraction of sp³-hybridized carbons (Fsp3) is 0.385. The van der Waals surface area contributed by atoms with E-state index in [1.54, 1.807) is 6.07 Å². The molecule has 0 radical (unpaired) electrons. The number of carboxylic acid groups (broad SMARTS) is 1. The minimum Gasteiger partial charge on any atom is -0.465 e. The van der Waals surface area contributed by atoms with Crippen molar-refractivity contribution in [3.05, 3.63) is 28.2 Å². The van der Waals surface area contributed by atoms with E-state index >= 15 is 0 Å². The van der Waals surface area contributed by atoms with E-state index < -0.39 is 6.09 Å². The normalized spacial score (nSPS) is 16.0. The SMILES string of the molecule is O=C(O)N1CCC(c2nnc(-c3ncc(Cl)cc3Cl)o2)CC1. The van der Waals surface area contributed by atoms with E-state index in [0.29, 0.717) is 47.6 Å². The molecular formula is C13H12Cl2N4O3. The number of carbonyl (C=O) groups is 1. The Kier molecular flexibility index (Phi) is 4.17. The van der Waals surface area contributed by atoms with E-state index in [4.69, 9.17) is 32.7 Å². The first-order valence-electron chi connectivity index (χ1n) is 6.67. The van der Waals surface area contributed by atoms with Gasteiger partial charge in [0.2, 0.25) is 5.89 Å². The molecule has 1 aliphatic heterocycles. The number of amides is 1. The molecule has 116 valence electrons. The van der Waals surface area contributed by atoms with E-state index in [9.17, 15) is 4.79 Å². The molecule has 1 aliphatic rings. The van der Waals surface area contributed by atoms with Crippen LogP contribution in [0, 0.1) is 0 Å². The molecule has 0 spiro atoms. The van der Waals surface area contributed by atoms with Gasteiger partial charge in [-0.3, -0.25) is 0 Å². The third-order valence-electron chi connectivity index (χ3n) is 3.57. The fourth-order valence-electron chi connectivity index (χ4n) is 2.38. The highest BCUT2D eigenvalue weighted by atomic mass is 35.5. The van der Waals surface area contributed by atoms with Gasteiger partial charge in [-0.1, -0.05) is 23.2 Å². The summed E-state index contributed by atoms with van der Waals surface area (Å²) >= 11 is 11.9. The van der Waals surface area contributed by atoms with E-state index in [-0.39, 0.29) is 11.8 Å². The number of aromatic nitrogens is 3. The monoisotopic (exact) mass is 342 g/mol. The number of hydrogen-bond donors (Lipinski definition) is 1. The van der Waals surface area contributed by atoms with Crippen molar-refractivity contribution in [2.45, 2.75) is 18.8 Å². The van der Waals surface area contributed by atoms with Crippen molar-refractivity contribution in [1.29, 1.82) is 0 Å². The summed E-state index contributed by atoms with van der Waals surface area (Å²) in [6, 6.07) is 1.56. The van der Waals surface area contributed by atoms with Crippen molar-refractivity contribution in [2.24, 2.45) is 0 Å². The van der Waals surface area contributed by atoms with Gasteiger partial charge >= 0.3 is 6.09 Å². The van der Waals surface area contributed by atoms with Gasteiger partial charge in [-0.15, -0.1) is 10.2 Å². The lowest BCUT2D eigenvalue weighted by Gasteiger charge is -2.27. The molecule has 0 atom stereocenters. The molecule has 3 rings (SSSR count). The maximum atomic E-state index is 10.9. The Balaban J connectivity index is 1.76. The van der Waals surface area contributed by atoms with E-state index in [0.717, 1.165) is 0 Å². The number of hydrogen-bond acceptors (Lipinski definition) is 5. The number of pyridine rings is 1. The average molecular weight is 343 g/mol. The lowest BCUT2D eigenvalue weighted by atomic mass is 9.97. The zero-order chi connectivity index (χ0) is 15.7. The van der Waals surface area contributed by atoms with Gasteiger partial charge in [0.1, 0.15) is 5.69 Å². The Hall–Kier alpha value is -1.86. The maximum absolute atomic E-state index is 10.9. The van der Waals surface area contributed by atoms with Crippen LogP contribution in [0.1, 0.15) is 24.7 Å². The third kappa shape index (κ3) is 3.00. The molecule has 0 aliphatic carbocycles. The highest BCUT2D eigenvalue weighted by Crippen LogP contribution is 2.31. The summed E-state index contributed by atoms with van der Waals surface area (Å²) in [7, 11) is 0. The number of piperidine rings is 1. The highest BCUT2D eigenvalue weighted by Gasteiger charge is 2.27. The molecule has 7 nitrogen and oxygen atoms in total. The summed E-state index contributed by atoms with van der Waals surface area (Å²) in [4.78, 5) is 16.4. The maximum Gasteiger partial charge on any atom is 0.407 e. The molecule has 22 heavy (non-hydrogen) atoms. The van der Waals surface area contributed by atoms with Gasteiger partial charge in [-0.05, 0) is 18.9 Å². The molecule has 2 aromatic heterocycles. The largest absolute Gasteiger partial charge is 0.465 e. The topological polar surface area (TPSA) is 92.3 Å². The highest BCUT2D eigenvalue weighted by molar-refractivity contribution is 6.35. The van der Waals surface area contributed by atoms with Crippen molar-refractivity contribution >= 4 is 29.3 Å². The fourth-order valence-corrected chi connectivity index (χ4v) is 2.85. The van der Waals surface area contributed by atoms with Crippen LogP contribution in [-0.2, 0) is 0 Å². The Bertz CT molecular complexity index is 698.